The van der Waals surface area contributed by atoms with E-state index in [1.807, 2.05) is 11.8 Å². The van der Waals surface area contributed by atoms with E-state index >= 15 is 0 Å². The minimum Gasteiger partial charge on any atom is -0.481 e. The molecular formula is C14H26N2O3. The fourth-order valence-electron chi connectivity index (χ4n) is 2.71. The lowest BCUT2D eigenvalue weighted by Gasteiger charge is -2.36. The Morgan fingerprint density at radius 3 is 2.63 bits per heavy atom. The zero-order chi connectivity index (χ0) is 14.4. The van der Waals surface area contributed by atoms with Crippen molar-refractivity contribution in [1.82, 2.24) is 4.90 Å². The molecule has 1 fully saturated rings. The lowest BCUT2D eigenvalue weighted by Crippen LogP contribution is -2.46. The fourth-order valence-corrected chi connectivity index (χ4v) is 2.71. The van der Waals surface area contributed by atoms with Crippen LogP contribution in [0.5, 0.6) is 0 Å². The number of amides is 1. The van der Waals surface area contributed by atoms with Gasteiger partial charge in [-0.1, -0.05) is 6.92 Å². The first kappa shape index (κ1) is 16.0. The number of carbonyl (C=O) groups is 2. The first-order valence-corrected chi connectivity index (χ1v) is 7.18. The van der Waals surface area contributed by atoms with Gasteiger partial charge in [-0.25, -0.2) is 0 Å². The van der Waals surface area contributed by atoms with Gasteiger partial charge in [0.1, 0.15) is 0 Å². The molecule has 3 N–H and O–H groups in total. The molecule has 0 aromatic heterocycles. The molecule has 5 nitrogen and oxygen atoms in total. The molecule has 0 aromatic carbocycles. The van der Waals surface area contributed by atoms with Crippen molar-refractivity contribution >= 4 is 11.9 Å². The second-order valence-electron chi connectivity index (χ2n) is 5.72. The largest absolute Gasteiger partial charge is 0.481 e. The van der Waals surface area contributed by atoms with E-state index in [4.69, 9.17) is 10.8 Å². The lowest BCUT2D eigenvalue weighted by molar-refractivity contribution is -0.147. The molecule has 0 aliphatic carbocycles. The van der Waals surface area contributed by atoms with Crippen LogP contribution in [-0.2, 0) is 9.59 Å². The van der Waals surface area contributed by atoms with E-state index < -0.39 is 5.97 Å². The van der Waals surface area contributed by atoms with Crippen LogP contribution < -0.4 is 5.73 Å². The summed E-state index contributed by atoms with van der Waals surface area (Å²) in [6.07, 6.45) is 3.50. The van der Waals surface area contributed by atoms with Crippen LogP contribution in [0.15, 0.2) is 0 Å². The summed E-state index contributed by atoms with van der Waals surface area (Å²) in [5.74, 6) is -0.410. The van der Waals surface area contributed by atoms with Gasteiger partial charge in [0, 0.05) is 19.0 Å². The number of rotatable bonds is 6. The van der Waals surface area contributed by atoms with Crippen LogP contribution in [0.4, 0.5) is 0 Å². The molecule has 0 saturated carbocycles. The van der Waals surface area contributed by atoms with Crippen molar-refractivity contribution in [2.24, 2.45) is 17.6 Å². The fraction of sp³-hybridized carbons (Fsp3) is 0.857. The van der Waals surface area contributed by atoms with Crippen LogP contribution in [-0.4, -0.2) is 41.0 Å². The quantitative estimate of drug-likeness (QED) is 0.765. The van der Waals surface area contributed by atoms with Crippen molar-refractivity contribution in [3.8, 4) is 0 Å². The predicted molar refractivity (Wildman–Crippen MR) is 73.6 cm³/mol. The molecule has 0 radical (unpaired) electrons. The lowest BCUT2D eigenvalue weighted by atomic mass is 9.91. The average Bonchev–Trinajstić information content (AvgIpc) is 2.36. The average molecular weight is 270 g/mol. The van der Waals surface area contributed by atoms with Crippen LogP contribution in [0.3, 0.4) is 0 Å². The highest BCUT2D eigenvalue weighted by atomic mass is 16.4. The summed E-state index contributed by atoms with van der Waals surface area (Å²) in [5, 5.41) is 9.00. The van der Waals surface area contributed by atoms with Gasteiger partial charge in [-0.05, 0) is 45.1 Å². The van der Waals surface area contributed by atoms with Gasteiger partial charge >= 0.3 is 5.97 Å². The highest BCUT2D eigenvalue weighted by Crippen LogP contribution is 2.24. The van der Waals surface area contributed by atoms with E-state index in [9.17, 15) is 9.59 Å². The summed E-state index contributed by atoms with van der Waals surface area (Å²) < 4.78 is 0. The van der Waals surface area contributed by atoms with E-state index in [1.54, 1.807) is 0 Å². The Hall–Kier alpha value is -1.10. The summed E-state index contributed by atoms with van der Waals surface area (Å²) in [4.78, 5) is 24.9. The van der Waals surface area contributed by atoms with Crippen molar-refractivity contribution in [2.75, 3.05) is 13.1 Å². The number of nitrogens with two attached hydrogens (primary N) is 1. The Morgan fingerprint density at radius 2 is 2.11 bits per heavy atom. The van der Waals surface area contributed by atoms with Gasteiger partial charge in [-0.3, -0.25) is 9.59 Å². The molecule has 110 valence electrons. The van der Waals surface area contributed by atoms with Crippen molar-refractivity contribution in [3.05, 3.63) is 0 Å². The normalized spacial score (nSPS) is 25.1. The smallest absolute Gasteiger partial charge is 0.306 e. The van der Waals surface area contributed by atoms with E-state index in [-0.39, 0.29) is 17.9 Å². The van der Waals surface area contributed by atoms with E-state index in [1.165, 1.54) is 0 Å². The number of likely N-dealkylation sites (tertiary alicyclic amines) is 1. The Balaban J connectivity index is 2.39. The van der Waals surface area contributed by atoms with Crippen LogP contribution in [0.1, 0.15) is 46.0 Å². The predicted octanol–water partition coefficient (Wildman–Crippen LogP) is 1.46. The molecule has 19 heavy (non-hydrogen) atoms. The van der Waals surface area contributed by atoms with E-state index in [2.05, 4.69) is 6.92 Å². The first-order chi connectivity index (χ1) is 8.95. The maximum absolute atomic E-state index is 12.1. The van der Waals surface area contributed by atoms with Gasteiger partial charge in [0.05, 0.1) is 5.92 Å². The first-order valence-electron chi connectivity index (χ1n) is 7.18. The van der Waals surface area contributed by atoms with Crippen LogP contribution >= 0.6 is 0 Å². The third-order valence-corrected chi connectivity index (χ3v) is 4.06. The third kappa shape index (κ3) is 4.82. The molecular weight excluding hydrogens is 244 g/mol. The molecule has 1 rings (SSSR count). The molecule has 1 amide bonds. The molecule has 1 saturated heterocycles. The molecule has 3 atom stereocenters. The minimum absolute atomic E-state index is 0.0344. The summed E-state index contributed by atoms with van der Waals surface area (Å²) in [5.41, 5.74) is 5.49. The monoisotopic (exact) mass is 270 g/mol. The molecule has 0 bridgehead atoms. The zero-order valence-corrected chi connectivity index (χ0v) is 12.0. The van der Waals surface area contributed by atoms with Gasteiger partial charge in [-0.2, -0.15) is 0 Å². The Labute approximate surface area is 115 Å². The van der Waals surface area contributed by atoms with Crippen molar-refractivity contribution in [3.63, 3.8) is 0 Å². The number of carboxylic acids is 1. The third-order valence-electron chi connectivity index (χ3n) is 4.06. The highest BCUT2D eigenvalue weighted by molar-refractivity contribution is 5.77. The SMILES string of the molecule is CC(CCN)CCC(=O)N1CCC(C(=O)O)CC1C. The topological polar surface area (TPSA) is 83.6 Å². The van der Waals surface area contributed by atoms with Gasteiger partial charge in [0.25, 0.3) is 0 Å². The maximum atomic E-state index is 12.1. The molecule has 0 aromatic rings. The van der Waals surface area contributed by atoms with Gasteiger partial charge in [0.2, 0.25) is 5.91 Å². The summed E-state index contributed by atoms with van der Waals surface area (Å²) in [6, 6.07) is 0.0344. The minimum atomic E-state index is -0.740. The Kier molecular flexibility index (Phi) is 6.28. The second-order valence-corrected chi connectivity index (χ2v) is 5.72. The maximum Gasteiger partial charge on any atom is 0.306 e. The number of hydrogen-bond acceptors (Lipinski definition) is 3. The second kappa shape index (κ2) is 7.48. The Bertz CT molecular complexity index is 320. The number of carboxylic acid groups (broad SMARTS) is 1. The number of aliphatic carboxylic acids is 1. The molecule has 3 unspecified atom stereocenters. The van der Waals surface area contributed by atoms with Gasteiger partial charge in [0.15, 0.2) is 0 Å². The van der Waals surface area contributed by atoms with Gasteiger partial charge in [-0.15, -0.1) is 0 Å². The molecule has 5 heteroatoms. The van der Waals surface area contributed by atoms with Gasteiger partial charge < -0.3 is 15.7 Å². The van der Waals surface area contributed by atoms with Crippen LogP contribution in [0.2, 0.25) is 0 Å². The number of nitrogens with zero attached hydrogens (tertiary/aromatic N) is 1. The summed E-state index contributed by atoms with van der Waals surface area (Å²) >= 11 is 0. The van der Waals surface area contributed by atoms with E-state index in [0.29, 0.717) is 38.3 Å². The summed E-state index contributed by atoms with van der Waals surface area (Å²) in [6.45, 7) is 5.29. The van der Waals surface area contributed by atoms with Crippen LogP contribution in [0, 0.1) is 11.8 Å². The highest BCUT2D eigenvalue weighted by Gasteiger charge is 2.31. The van der Waals surface area contributed by atoms with Crippen molar-refractivity contribution in [1.29, 1.82) is 0 Å². The standard InChI is InChI=1S/C14H26N2O3/c1-10(5-7-15)3-4-13(17)16-8-6-12(14(18)19)9-11(16)2/h10-12H,3-9,15H2,1-2H3,(H,18,19). The molecule has 1 aliphatic rings. The zero-order valence-electron chi connectivity index (χ0n) is 12.0. The molecule has 0 spiro atoms. The van der Waals surface area contributed by atoms with E-state index in [0.717, 1.165) is 12.8 Å². The van der Waals surface area contributed by atoms with Crippen molar-refractivity contribution in [2.45, 2.75) is 52.0 Å². The number of piperidine rings is 1. The van der Waals surface area contributed by atoms with Crippen molar-refractivity contribution < 1.29 is 14.7 Å². The molecule has 1 aliphatic heterocycles. The number of hydrogen-bond donors (Lipinski definition) is 2. The molecule has 1 heterocycles. The number of carbonyl (C=O) groups excluding carboxylic acids is 1. The van der Waals surface area contributed by atoms with Crippen LogP contribution in [0.25, 0.3) is 0 Å². The Morgan fingerprint density at radius 1 is 1.42 bits per heavy atom. The summed E-state index contributed by atoms with van der Waals surface area (Å²) in [7, 11) is 0.